The molecule has 0 saturated heterocycles. The predicted octanol–water partition coefficient (Wildman–Crippen LogP) is 4.65. The van der Waals surface area contributed by atoms with E-state index in [1.165, 1.54) is 0 Å². The molecule has 0 heterocycles. The van der Waals surface area contributed by atoms with Crippen molar-refractivity contribution in [2.24, 2.45) is 17.8 Å². The molecule has 194 valence electrons. The highest BCUT2D eigenvalue weighted by atomic mass is 16.5. The minimum atomic E-state index is -1.42. The highest BCUT2D eigenvalue weighted by Crippen LogP contribution is 2.43. The zero-order valence-corrected chi connectivity index (χ0v) is 22.3. The number of rotatable bonds is 8. The third-order valence-corrected chi connectivity index (χ3v) is 7.48. The van der Waals surface area contributed by atoms with E-state index in [0.717, 1.165) is 33.4 Å². The maximum atomic E-state index is 13.7. The molecule has 0 aromatic heterocycles. The number of aryl methyl sites for hydroxylation is 6. The molecule has 2 aromatic rings. The van der Waals surface area contributed by atoms with E-state index in [2.05, 4.69) is 0 Å². The summed E-state index contributed by atoms with van der Waals surface area (Å²) in [5.74, 6) is -3.91. The van der Waals surface area contributed by atoms with E-state index in [0.29, 0.717) is 11.1 Å². The van der Waals surface area contributed by atoms with Crippen LogP contribution in [0, 0.1) is 59.3 Å². The predicted molar refractivity (Wildman–Crippen MR) is 138 cm³/mol. The van der Waals surface area contributed by atoms with Crippen molar-refractivity contribution in [2.45, 2.75) is 73.5 Å². The molecule has 0 bridgehead atoms. The first kappa shape index (κ1) is 27.8. The van der Waals surface area contributed by atoms with Crippen LogP contribution in [0.3, 0.4) is 0 Å². The molecule has 2 N–H and O–H groups in total. The van der Waals surface area contributed by atoms with Gasteiger partial charge in [0.1, 0.15) is 12.2 Å². The van der Waals surface area contributed by atoms with E-state index in [4.69, 9.17) is 4.74 Å². The average molecular weight is 495 g/mol. The van der Waals surface area contributed by atoms with Gasteiger partial charge in [-0.15, -0.1) is 0 Å². The first-order valence-electron chi connectivity index (χ1n) is 12.6. The van der Waals surface area contributed by atoms with Gasteiger partial charge in [0.05, 0.1) is 12.5 Å². The molecule has 36 heavy (non-hydrogen) atoms. The molecule has 3 rings (SSSR count). The second-order valence-electron chi connectivity index (χ2n) is 10.4. The van der Waals surface area contributed by atoms with Crippen LogP contribution in [-0.2, 0) is 19.1 Å². The fourth-order valence-electron chi connectivity index (χ4n) is 6.05. The number of aliphatic hydroxyl groups excluding tert-OH is 2. The second-order valence-corrected chi connectivity index (χ2v) is 10.4. The number of aliphatic hydroxyl groups is 2. The number of carbonyl (C=O) groups is 3. The van der Waals surface area contributed by atoms with Crippen LogP contribution in [0.1, 0.15) is 76.5 Å². The van der Waals surface area contributed by atoms with Crippen LogP contribution in [0.4, 0.5) is 0 Å². The van der Waals surface area contributed by atoms with Gasteiger partial charge in [-0.3, -0.25) is 14.4 Å². The van der Waals surface area contributed by atoms with Gasteiger partial charge in [0.2, 0.25) is 0 Å². The summed E-state index contributed by atoms with van der Waals surface area (Å²) in [7, 11) is 0. The lowest BCUT2D eigenvalue weighted by atomic mass is 9.80. The normalized spacial score (nSPS) is 21.2. The van der Waals surface area contributed by atoms with E-state index in [1.54, 1.807) is 6.92 Å². The lowest BCUT2D eigenvalue weighted by Crippen LogP contribution is -2.33. The van der Waals surface area contributed by atoms with Gasteiger partial charge < -0.3 is 14.9 Å². The molecule has 6 heteroatoms. The smallest absolute Gasteiger partial charge is 0.308 e. The summed E-state index contributed by atoms with van der Waals surface area (Å²) < 4.78 is 5.19. The van der Waals surface area contributed by atoms with E-state index in [-0.39, 0.29) is 19.4 Å². The van der Waals surface area contributed by atoms with Gasteiger partial charge in [-0.2, -0.15) is 0 Å². The molecule has 4 unspecified atom stereocenters. The Labute approximate surface area is 213 Å². The van der Waals surface area contributed by atoms with Gasteiger partial charge in [-0.1, -0.05) is 35.4 Å². The van der Waals surface area contributed by atoms with Crippen molar-refractivity contribution < 1.29 is 29.3 Å². The lowest BCUT2D eigenvalue weighted by molar-refractivity contribution is -0.148. The molecule has 1 fully saturated rings. The number of ketones is 2. The van der Waals surface area contributed by atoms with Crippen molar-refractivity contribution >= 4 is 17.5 Å². The summed E-state index contributed by atoms with van der Waals surface area (Å²) in [6.07, 6.45) is -2.64. The third kappa shape index (κ3) is 5.45. The molecule has 0 spiro atoms. The number of hydrogen-bond acceptors (Lipinski definition) is 6. The van der Waals surface area contributed by atoms with Crippen LogP contribution < -0.4 is 0 Å². The molecule has 1 saturated carbocycles. The number of hydrogen-bond donors (Lipinski definition) is 2. The van der Waals surface area contributed by atoms with Gasteiger partial charge in [-0.05, 0) is 94.7 Å². The van der Waals surface area contributed by atoms with Crippen molar-refractivity contribution in [1.29, 1.82) is 0 Å². The lowest BCUT2D eigenvalue weighted by Gasteiger charge is -2.25. The Morgan fingerprint density at radius 1 is 0.750 bits per heavy atom. The molecular formula is C30H38O6. The van der Waals surface area contributed by atoms with Crippen molar-refractivity contribution in [2.75, 3.05) is 6.61 Å². The highest BCUT2D eigenvalue weighted by molar-refractivity contribution is 5.96. The van der Waals surface area contributed by atoms with Gasteiger partial charge in [0.15, 0.2) is 11.6 Å². The Morgan fingerprint density at radius 2 is 1.08 bits per heavy atom. The van der Waals surface area contributed by atoms with E-state index in [1.807, 2.05) is 65.8 Å². The molecule has 6 nitrogen and oxygen atoms in total. The second kappa shape index (κ2) is 11.1. The fourth-order valence-corrected chi connectivity index (χ4v) is 6.05. The maximum absolute atomic E-state index is 13.7. The van der Waals surface area contributed by atoms with Crippen LogP contribution in [0.25, 0.3) is 0 Å². The Kier molecular flexibility index (Phi) is 8.52. The Bertz CT molecular complexity index is 1050. The maximum Gasteiger partial charge on any atom is 0.308 e. The molecule has 1 aliphatic rings. The number of Topliss-reactive ketones (excluding diaryl/α,β-unsaturated/α-hetero) is 2. The Hall–Kier alpha value is -2.83. The van der Waals surface area contributed by atoms with Gasteiger partial charge in [0, 0.05) is 11.8 Å². The first-order chi connectivity index (χ1) is 16.9. The summed E-state index contributed by atoms with van der Waals surface area (Å²) in [5, 5.41) is 22.3. The Morgan fingerprint density at radius 3 is 1.39 bits per heavy atom. The third-order valence-electron chi connectivity index (χ3n) is 7.48. The topological polar surface area (TPSA) is 101 Å². The number of esters is 1. The molecule has 0 aliphatic heterocycles. The largest absolute Gasteiger partial charge is 0.466 e. The minimum absolute atomic E-state index is 0.105. The molecule has 4 atom stereocenters. The van der Waals surface area contributed by atoms with Crippen molar-refractivity contribution in [1.82, 2.24) is 0 Å². The molecular weight excluding hydrogens is 456 g/mol. The summed E-state index contributed by atoms with van der Waals surface area (Å²) >= 11 is 0. The van der Waals surface area contributed by atoms with Crippen molar-refractivity contribution in [3.05, 3.63) is 68.8 Å². The zero-order chi connectivity index (χ0) is 26.9. The standard InChI is InChI=1S/C30H38O6/c1-8-36-30(35)21-13-22(26(31)28(33)24-17(4)9-15(2)10-18(24)5)23(14-21)27(32)29(34)25-19(6)11-16(3)12-20(25)7/h9-12,21-23,28-29,33-34H,8,13-14H2,1-7H3. The monoisotopic (exact) mass is 494 g/mol. The number of ether oxygens (including phenoxy) is 1. The van der Waals surface area contributed by atoms with Crippen molar-refractivity contribution in [3.8, 4) is 0 Å². The fraction of sp³-hybridized carbons (Fsp3) is 0.500. The summed E-state index contributed by atoms with van der Waals surface area (Å²) in [6.45, 7) is 13.2. The summed E-state index contributed by atoms with van der Waals surface area (Å²) in [6, 6.07) is 7.63. The Balaban J connectivity index is 1.98. The van der Waals surface area contributed by atoms with Crippen molar-refractivity contribution in [3.63, 3.8) is 0 Å². The summed E-state index contributed by atoms with van der Waals surface area (Å²) in [5.41, 5.74) is 6.28. The van der Waals surface area contributed by atoms with E-state index in [9.17, 15) is 24.6 Å². The van der Waals surface area contributed by atoms with Crippen LogP contribution in [0.15, 0.2) is 24.3 Å². The average Bonchev–Trinajstić information content (AvgIpc) is 3.22. The van der Waals surface area contributed by atoms with Gasteiger partial charge in [-0.25, -0.2) is 0 Å². The molecule has 0 radical (unpaired) electrons. The molecule has 0 amide bonds. The highest BCUT2D eigenvalue weighted by Gasteiger charge is 2.48. The van der Waals surface area contributed by atoms with Crippen LogP contribution in [0.2, 0.25) is 0 Å². The van der Waals surface area contributed by atoms with E-state index < -0.39 is 47.5 Å². The number of benzene rings is 2. The van der Waals surface area contributed by atoms with Gasteiger partial charge in [0.25, 0.3) is 0 Å². The van der Waals surface area contributed by atoms with Crippen LogP contribution in [0.5, 0.6) is 0 Å². The van der Waals surface area contributed by atoms with Crippen LogP contribution >= 0.6 is 0 Å². The first-order valence-corrected chi connectivity index (χ1v) is 12.6. The molecule has 1 aliphatic carbocycles. The minimum Gasteiger partial charge on any atom is -0.466 e. The zero-order valence-electron chi connectivity index (χ0n) is 22.3. The number of carbonyl (C=O) groups excluding carboxylic acids is 3. The quantitative estimate of drug-likeness (QED) is 0.518. The molecule has 2 aromatic carbocycles. The van der Waals surface area contributed by atoms with Crippen LogP contribution in [-0.4, -0.2) is 34.4 Å². The van der Waals surface area contributed by atoms with Gasteiger partial charge >= 0.3 is 5.97 Å². The van der Waals surface area contributed by atoms with E-state index >= 15 is 0 Å². The SMILES string of the molecule is CCOC(=O)C1CC(C(=O)C(O)c2c(C)cc(C)cc2C)C(C(=O)C(O)c2c(C)cc(C)cc2C)C1. The summed E-state index contributed by atoms with van der Waals surface area (Å²) in [4.78, 5) is 39.9.